The van der Waals surface area contributed by atoms with Crippen LogP contribution < -0.4 is 14.5 Å². The number of anilines is 1. The molecule has 0 N–H and O–H groups in total. The molecule has 1 heterocycles. The van der Waals surface area contributed by atoms with Gasteiger partial charge >= 0.3 is 0 Å². The van der Waals surface area contributed by atoms with Gasteiger partial charge in [-0.2, -0.15) is 10.1 Å². The zero-order valence-corrected chi connectivity index (χ0v) is 18.7. The number of hydrogen-bond acceptors (Lipinski definition) is 4. The van der Waals surface area contributed by atoms with Gasteiger partial charge in [0.15, 0.2) is 34.8 Å². The molecule has 1 amide bonds. The van der Waals surface area contributed by atoms with Gasteiger partial charge in [-0.15, -0.1) is 0 Å². The van der Waals surface area contributed by atoms with Crippen LogP contribution >= 0.6 is 11.6 Å². The number of hydrogen-bond donors (Lipinski definition) is 0. The van der Waals surface area contributed by atoms with Crippen molar-refractivity contribution in [2.24, 2.45) is 5.10 Å². The van der Waals surface area contributed by atoms with Gasteiger partial charge in [0.25, 0.3) is 5.91 Å². The maximum atomic E-state index is 14.2. The topological polar surface area (TPSA) is 51.1 Å². The third-order valence-corrected chi connectivity index (χ3v) is 4.74. The second kappa shape index (κ2) is 9.38. The summed E-state index contributed by atoms with van der Waals surface area (Å²) in [5, 5.41) is 4.01. The molecule has 0 saturated carbocycles. The zero-order chi connectivity index (χ0) is 24.6. The second-order valence-electron chi connectivity index (χ2n) is 7.21. The quantitative estimate of drug-likeness (QED) is 0.216. The summed E-state index contributed by atoms with van der Waals surface area (Å²) < 4.78 is 80.2. The smallest absolute Gasteiger partial charge is 0.280 e. The molecule has 2 aromatic rings. The highest BCUT2D eigenvalue weighted by atomic mass is 35.5. The van der Waals surface area contributed by atoms with E-state index in [0.717, 1.165) is 0 Å². The van der Waals surface area contributed by atoms with Crippen molar-refractivity contribution >= 4 is 35.0 Å². The van der Waals surface area contributed by atoms with Crippen molar-refractivity contribution in [1.82, 2.24) is 0 Å². The molecular formula is C22H18ClF5N2O3. The Bertz CT molecular complexity index is 1170. The Labute approximate surface area is 191 Å². The molecule has 0 atom stereocenters. The minimum atomic E-state index is -2.33. The molecule has 0 saturated heterocycles. The summed E-state index contributed by atoms with van der Waals surface area (Å²) in [5.41, 5.74) is -1.26. The first-order chi connectivity index (χ1) is 15.5. The van der Waals surface area contributed by atoms with E-state index in [1.54, 1.807) is 20.8 Å². The van der Waals surface area contributed by atoms with Crippen LogP contribution in [0, 0.1) is 29.1 Å². The van der Waals surface area contributed by atoms with E-state index in [1.165, 1.54) is 25.1 Å². The van der Waals surface area contributed by atoms with Crippen LogP contribution in [0.3, 0.4) is 0 Å². The third kappa shape index (κ3) is 4.52. The van der Waals surface area contributed by atoms with Gasteiger partial charge in [-0.25, -0.2) is 22.0 Å². The van der Waals surface area contributed by atoms with Gasteiger partial charge in [0.2, 0.25) is 5.82 Å². The number of halogens is 6. The number of carbonyl (C=O) groups is 1. The van der Waals surface area contributed by atoms with Crippen LogP contribution in [-0.2, 0) is 4.79 Å². The van der Waals surface area contributed by atoms with E-state index in [1.807, 2.05) is 0 Å². The lowest BCUT2D eigenvalue weighted by molar-refractivity contribution is -0.114. The molecule has 0 aliphatic carbocycles. The fourth-order valence-corrected chi connectivity index (χ4v) is 3.33. The van der Waals surface area contributed by atoms with Gasteiger partial charge in [0.1, 0.15) is 5.69 Å². The van der Waals surface area contributed by atoms with Gasteiger partial charge in [-0.1, -0.05) is 11.6 Å². The lowest BCUT2D eigenvalue weighted by atomic mass is 10.1. The van der Waals surface area contributed by atoms with Crippen molar-refractivity contribution in [3.05, 3.63) is 57.4 Å². The van der Waals surface area contributed by atoms with Crippen LogP contribution in [0.2, 0.25) is 5.02 Å². The monoisotopic (exact) mass is 488 g/mol. The number of rotatable bonds is 6. The number of carbonyl (C=O) groups excluding carboxylic acids is 1. The highest BCUT2D eigenvalue weighted by molar-refractivity contribution is 6.33. The summed E-state index contributed by atoms with van der Waals surface area (Å²) in [6.45, 7) is 6.98. The predicted molar refractivity (Wildman–Crippen MR) is 113 cm³/mol. The zero-order valence-electron chi connectivity index (χ0n) is 17.9. The molecule has 0 fully saturated rings. The normalized spacial score (nSPS) is 15.0. The van der Waals surface area contributed by atoms with Crippen LogP contribution in [0.25, 0.3) is 6.08 Å². The second-order valence-corrected chi connectivity index (χ2v) is 7.62. The van der Waals surface area contributed by atoms with Crippen molar-refractivity contribution in [2.45, 2.75) is 33.8 Å². The van der Waals surface area contributed by atoms with E-state index >= 15 is 0 Å². The molecule has 33 heavy (non-hydrogen) atoms. The van der Waals surface area contributed by atoms with Gasteiger partial charge in [0, 0.05) is 0 Å². The van der Waals surface area contributed by atoms with E-state index in [2.05, 4.69) is 5.10 Å². The number of hydrazone groups is 1. The van der Waals surface area contributed by atoms with Crippen LogP contribution in [-0.4, -0.2) is 24.3 Å². The average molecular weight is 489 g/mol. The highest BCUT2D eigenvalue weighted by Gasteiger charge is 2.37. The largest absolute Gasteiger partial charge is 0.490 e. The van der Waals surface area contributed by atoms with Crippen LogP contribution in [0.1, 0.15) is 33.3 Å². The molecule has 0 spiro atoms. The average Bonchev–Trinajstić information content (AvgIpc) is 3.01. The third-order valence-electron chi connectivity index (χ3n) is 4.46. The fourth-order valence-electron chi connectivity index (χ4n) is 3.07. The van der Waals surface area contributed by atoms with E-state index < -0.39 is 40.7 Å². The lowest BCUT2D eigenvalue weighted by Crippen LogP contribution is -2.25. The Morgan fingerprint density at radius 1 is 1.06 bits per heavy atom. The number of nitrogens with zero attached hydrogens (tertiary/aromatic N) is 2. The first-order valence-electron chi connectivity index (χ1n) is 9.74. The summed E-state index contributed by atoms with van der Waals surface area (Å²) >= 11 is 6.31. The van der Waals surface area contributed by atoms with Gasteiger partial charge in [0.05, 0.1) is 29.0 Å². The van der Waals surface area contributed by atoms with Crippen molar-refractivity contribution in [1.29, 1.82) is 0 Å². The van der Waals surface area contributed by atoms with Crippen LogP contribution in [0.4, 0.5) is 27.6 Å². The van der Waals surface area contributed by atoms with Gasteiger partial charge in [-0.05, 0) is 51.5 Å². The van der Waals surface area contributed by atoms with Gasteiger partial charge in [-0.3, -0.25) is 4.79 Å². The number of ether oxygens (including phenoxy) is 2. The maximum absolute atomic E-state index is 14.2. The molecule has 11 heteroatoms. The number of amides is 1. The molecule has 2 aromatic carbocycles. The number of benzene rings is 2. The molecule has 3 rings (SSSR count). The predicted octanol–water partition coefficient (Wildman–Crippen LogP) is 6.03. The summed E-state index contributed by atoms with van der Waals surface area (Å²) in [5.74, 6) is -11.6. The first-order valence-corrected chi connectivity index (χ1v) is 10.1. The first kappa shape index (κ1) is 24.5. The molecule has 0 bridgehead atoms. The molecule has 176 valence electrons. The van der Waals surface area contributed by atoms with Crippen molar-refractivity contribution in [3.8, 4) is 11.5 Å². The van der Waals surface area contributed by atoms with Gasteiger partial charge < -0.3 is 9.47 Å². The summed E-state index contributed by atoms with van der Waals surface area (Å²) in [7, 11) is 0. The Kier molecular flexibility index (Phi) is 6.97. The molecular weight excluding hydrogens is 471 g/mol. The molecule has 0 aromatic heterocycles. The molecule has 1 aliphatic heterocycles. The van der Waals surface area contributed by atoms with E-state index in [0.29, 0.717) is 17.1 Å². The Morgan fingerprint density at radius 3 is 2.18 bits per heavy atom. The van der Waals surface area contributed by atoms with Crippen LogP contribution in [0.5, 0.6) is 11.5 Å². The Balaban J connectivity index is 2.07. The Morgan fingerprint density at radius 2 is 1.64 bits per heavy atom. The van der Waals surface area contributed by atoms with Crippen molar-refractivity contribution < 1.29 is 36.2 Å². The maximum Gasteiger partial charge on any atom is 0.280 e. The molecule has 5 nitrogen and oxygen atoms in total. The lowest BCUT2D eigenvalue weighted by Gasteiger charge is -2.17. The highest BCUT2D eigenvalue weighted by Crippen LogP contribution is 2.39. The van der Waals surface area contributed by atoms with E-state index in [-0.39, 0.29) is 34.0 Å². The van der Waals surface area contributed by atoms with Crippen molar-refractivity contribution in [3.63, 3.8) is 0 Å². The summed E-state index contributed by atoms with van der Waals surface area (Å²) in [6, 6.07) is 3.00. The van der Waals surface area contributed by atoms with Crippen LogP contribution in [0.15, 0.2) is 22.8 Å². The van der Waals surface area contributed by atoms with E-state index in [9.17, 15) is 26.7 Å². The summed E-state index contributed by atoms with van der Waals surface area (Å²) in [4.78, 5) is 12.8. The summed E-state index contributed by atoms with van der Waals surface area (Å²) in [6.07, 6.45) is 1.10. The minimum absolute atomic E-state index is 0.0134. The molecule has 1 aliphatic rings. The van der Waals surface area contributed by atoms with E-state index in [4.69, 9.17) is 21.1 Å². The van der Waals surface area contributed by atoms with Crippen molar-refractivity contribution in [2.75, 3.05) is 11.6 Å². The fraction of sp³-hybridized carbons (Fsp3) is 0.273. The Hall–Kier alpha value is -3.14. The standard InChI is InChI=1S/C22H18ClF5N2O3/c1-5-32-14-8-11(7-13(23)21(14)33-9(2)3)6-12-10(4)29-30(22(12)31)20-18(27)16(25)15(24)17(26)19(20)28/h6-9H,5H2,1-4H3/b12-6-. The molecule has 0 unspecified atom stereocenters. The SMILES string of the molecule is CCOc1cc(/C=C2\C(=O)N(c3c(F)c(F)c(F)c(F)c3F)N=C2C)cc(Cl)c1OC(C)C. The minimum Gasteiger partial charge on any atom is -0.490 e. The molecule has 0 radical (unpaired) electrons.